The van der Waals surface area contributed by atoms with Crippen LogP contribution in [-0.4, -0.2) is 18.4 Å². The van der Waals surface area contributed by atoms with Gasteiger partial charge in [-0.25, -0.2) is 17.2 Å². The molecule has 1 aromatic carbocycles. The Labute approximate surface area is 142 Å². The number of terminal acetylenes is 1. The second kappa shape index (κ2) is 6.37. The summed E-state index contributed by atoms with van der Waals surface area (Å²) in [5.41, 5.74) is 0.187. The first kappa shape index (κ1) is 16.7. The third-order valence-electron chi connectivity index (χ3n) is 3.36. The van der Waals surface area contributed by atoms with Crippen LogP contribution in [0.3, 0.4) is 0 Å². The standard InChI is InChI=1S/C17H11F2N3O2S/c1-2-11-7-14(19)16(9-13(11)18)22-25(23,24)12-8-17(21-10-12)15-5-3-4-6-20-15/h1,3-10,21-22H. The van der Waals surface area contributed by atoms with Gasteiger partial charge in [0.2, 0.25) is 0 Å². The van der Waals surface area contributed by atoms with E-state index in [9.17, 15) is 17.2 Å². The normalized spacial score (nSPS) is 11.1. The van der Waals surface area contributed by atoms with Crippen LogP contribution in [0.5, 0.6) is 0 Å². The summed E-state index contributed by atoms with van der Waals surface area (Å²) in [7, 11) is -4.13. The van der Waals surface area contributed by atoms with E-state index in [1.54, 1.807) is 24.4 Å². The van der Waals surface area contributed by atoms with E-state index in [4.69, 9.17) is 6.42 Å². The average molecular weight is 359 g/mol. The number of H-pyrrole nitrogens is 1. The van der Waals surface area contributed by atoms with Gasteiger partial charge < -0.3 is 4.98 Å². The Kier molecular flexibility index (Phi) is 4.25. The molecule has 0 bridgehead atoms. The number of aromatic amines is 1. The van der Waals surface area contributed by atoms with Crippen molar-refractivity contribution in [1.82, 2.24) is 9.97 Å². The van der Waals surface area contributed by atoms with E-state index in [2.05, 4.69) is 9.97 Å². The second-order valence-electron chi connectivity index (χ2n) is 5.03. The van der Waals surface area contributed by atoms with Crippen LogP contribution in [0.2, 0.25) is 0 Å². The summed E-state index contributed by atoms with van der Waals surface area (Å²) in [5, 5.41) is 0. The molecule has 0 amide bonds. The Hall–Kier alpha value is -3.18. The number of halogens is 2. The molecule has 0 aliphatic rings. The van der Waals surface area contributed by atoms with Gasteiger partial charge in [-0.15, -0.1) is 6.42 Å². The fourth-order valence-corrected chi connectivity index (χ4v) is 3.19. The van der Waals surface area contributed by atoms with E-state index >= 15 is 0 Å². The first-order chi connectivity index (χ1) is 11.9. The summed E-state index contributed by atoms with van der Waals surface area (Å²) in [6.45, 7) is 0. The molecule has 0 aliphatic heterocycles. The van der Waals surface area contributed by atoms with Crippen LogP contribution < -0.4 is 4.72 Å². The zero-order chi connectivity index (χ0) is 18.0. The van der Waals surface area contributed by atoms with Crippen LogP contribution in [0.4, 0.5) is 14.5 Å². The molecule has 0 fully saturated rings. The number of nitrogens with one attached hydrogen (secondary N) is 2. The van der Waals surface area contributed by atoms with E-state index in [0.717, 1.165) is 6.07 Å². The summed E-state index contributed by atoms with van der Waals surface area (Å²) in [6.07, 6.45) is 7.84. The van der Waals surface area contributed by atoms with Gasteiger partial charge in [-0.3, -0.25) is 9.71 Å². The van der Waals surface area contributed by atoms with Crippen molar-refractivity contribution in [2.45, 2.75) is 4.90 Å². The van der Waals surface area contributed by atoms with Gasteiger partial charge in [0.1, 0.15) is 16.5 Å². The summed E-state index contributed by atoms with van der Waals surface area (Å²) < 4.78 is 54.4. The van der Waals surface area contributed by atoms with Gasteiger partial charge >= 0.3 is 0 Å². The first-order valence-electron chi connectivity index (χ1n) is 6.99. The molecule has 8 heteroatoms. The topological polar surface area (TPSA) is 74.8 Å². The highest BCUT2D eigenvalue weighted by atomic mass is 32.2. The number of pyridine rings is 1. The number of anilines is 1. The predicted molar refractivity (Wildman–Crippen MR) is 89.1 cm³/mol. The van der Waals surface area contributed by atoms with E-state index in [0.29, 0.717) is 17.5 Å². The van der Waals surface area contributed by atoms with Crippen LogP contribution in [0.15, 0.2) is 53.7 Å². The van der Waals surface area contributed by atoms with Crippen molar-refractivity contribution < 1.29 is 17.2 Å². The zero-order valence-electron chi connectivity index (χ0n) is 12.6. The highest BCUT2D eigenvalue weighted by molar-refractivity contribution is 7.92. The zero-order valence-corrected chi connectivity index (χ0v) is 13.4. The number of sulfonamides is 1. The molecule has 2 heterocycles. The lowest BCUT2D eigenvalue weighted by molar-refractivity contribution is 0.593. The number of hydrogen-bond donors (Lipinski definition) is 2. The molecule has 25 heavy (non-hydrogen) atoms. The first-order valence-corrected chi connectivity index (χ1v) is 8.47. The predicted octanol–water partition coefficient (Wildman–Crippen LogP) is 3.14. The number of benzene rings is 1. The monoisotopic (exact) mass is 359 g/mol. The minimum Gasteiger partial charge on any atom is -0.359 e. The van der Waals surface area contributed by atoms with Gasteiger partial charge in [0, 0.05) is 18.5 Å². The third-order valence-corrected chi connectivity index (χ3v) is 4.71. The summed E-state index contributed by atoms with van der Waals surface area (Å²) in [6, 6.07) is 7.97. The van der Waals surface area contributed by atoms with Crippen LogP contribution in [0.25, 0.3) is 11.4 Å². The van der Waals surface area contributed by atoms with Crippen molar-refractivity contribution in [2.75, 3.05) is 4.72 Å². The molecule has 2 N–H and O–H groups in total. The van der Waals surface area contributed by atoms with Crippen molar-refractivity contribution in [3.05, 3.63) is 66.0 Å². The molecule has 3 aromatic rings. The lowest BCUT2D eigenvalue weighted by Gasteiger charge is -2.08. The van der Waals surface area contributed by atoms with E-state index in [1.807, 2.05) is 10.6 Å². The molecule has 0 saturated carbocycles. The van der Waals surface area contributed by atoms with Crippen LogP contribution in [0, 0.1) is 24.0 Å². The van der Waals surface area contributed by atoms with E-state index in [1.165, 1.54) is 12.3 Å². The molecule has 3 rings (SSSR count). The SMILES string of the molecule is C#Cc1cc(F)c(NS(=O)(=O)c2c[nH]c(-c3ccccn3)c2)cc1F. The van der Waals surface area contributed by atoms with Crippen molar-refractivity contribution in [3.63, 3.8) is 0 Å². The smallest absolute Gasteiger partial charge is 0.263 e. The minimum absolute atomic E-state index is 0.144. The van der Waals surface area contributed by atoms with Gasteiger partial charge in [-0.1, -0.05) is 12.0 Å². The molecular weight excluding hydrogens is 348 g/mol. The maximum Gasteiger partial charge on any atom is 0.263 e. The van der Waals surface area contributed by atoms with Crippen molar-refractivity contribution >= 4 is 15.7 Å². The Morgan fingerprint density at radius 2 is 1.96 bits per heavy atom. The summed E-state index contributed by atoms with van der Waals surface area (Å²) in [5.74, 6) is 0.103. The lowest BCUT2D eigenvalue weighted by Crippen LogP contribution is -2.13. The molecule has 5 nitrogen and oxygen atoms in total. The number of hydrogen-bond acceptors (Lipinski definition) is 3. The molecule has 0 spiro atoms. The van der Waals surface area contributed by atoms with Gasteiger partial charge in [0.05, 0.1) is 22.6 Å². The summed E-state index contributed by atoms with van der Waals surface area (Å²) in [4.78, 5) is 6.74. The third kappa shape index (κ3) is 3.36. The van der Waals surface area contributed by atoms with Gasteiger partial charge in [0.15, 0.2) is 0 Å². The fourth-order valence-electron chi connectivity index (χ4n) is 2.14. The molecule has 2 aromatic heterocycles. The van der Waals surface area contributed by atoms with Crippen molar-refractivity contribution in [2.24, 2.45) is 0 Å². The highest BCUT2D eigenvalue weighted by Gasteiger charge is 2.20. The molecule has 0 unspecified atom stereocenters. The Bertz CT molecular complexity index is 1070. The van der Waals surface area contributed by atoms with E-state index in [-0.39, 0.29) is 10.5 Å². The lowest BCUT2D eigenvalue weighted by atomic mass is 10.2. The van der Waals surface area contributed by atoms with Crippen LogP contribution in [-0.2, 0) is 10.0 Å². The van der Waals surface area contributed by atoms with Crippen molar-refractivity contribution in [3.8, 4) is 23.7 Å². The molecular formula is C17H11F2N3O2S. The Morgan fingerprint density at radius 1 is 1.16 bits per heavy atom. The molecule has 0 atom stereocenters. The van der Waals surface area contributed by atoms with Crippen LogP contribution in [0.1, 0.15) is 5.56 Å². The minimum atomic E-state index is -4.13. The highest BCUT2D eigenvalue weighted by Crippen LogP contribution is 2.24. The molecule has 0 radical (unpaired) electrons. The van der Waals surface area contributed by atoms with Crippen molar-refractivity contribution in [1.29, 1.82) is 0 Å². The molecule has 0 aliphatic carbocycles. The second-order valence-corrected chi connectivity index (χ2v) is 6.71. The quantitative estimate of drug-likeness (QED) is 0.703. The number of aromatic nitrogens is 2. The Balaban J connectivity index is 1.92. The van der Waals surface area contributed by atoms with Gasteiger partial charge in [-0.2, -0.15) is 0 Å². The number of nitrogens with zero attached hydrogens (tertiary/aromatic N) is 1. The average Bonchev–Trinajstić information content (AvgIpc) is 3.09. The van der Waals surface area contributed by atoms with Gasteiger partial charge in [-0.05, 0) is 24.3 Å². The Morgan fingerprint density at radius 3 is 2.64 bits per heavy atom. The molecule has 126 valence electrons. The fraction of sp³-hybridized carbons (Fsp3) is 0. The summed E-state index contributed by atoms with van der Waals surface area (Å²) >= 11 is 0. The molecule has 0 saturated heterocycles. The largest absolute Gasteiger partial charge is 0.359 e. The maximum atomic E-state index is 13.9. The van der Waals surface area contributed by atoms with Gasteiger partial charge in [0.25, 0.3) is 10.0 Å². The maximum absolute atomic E-state index is 13.9. The number of rotatable bonds is 4. The van der Waals surface area contributed by atoms with E-state index < -0.39 is 27.3 Å². The van der Waals surface area contributed by atoms with Crippen LogP contribution >= 0.6 is 0 Å².